The molecule has 1 aromatic carbocycles. The van der Waals surface area contributed by atoms with Crippen molar-refractivity contribution in [2.75, 3.05) is 11.1 Å². The quantitative estimate of drug-likeness (QED) is 0.110. The average molecular weight is 645 g/mol. The molecule has 13 heteroatoms. The van der Waals surface area contributed by atoms with Crippen molar-refractivity contribution in [2.24, 2.45) is 17.3 Å². The fourth-order valence-electron chi connectivity index (χ4n) is 6.89. The Bertz CT molecular complexity index is 1440. The lowest BCUT2D eigenvalue weighted by Crippen LogP contribution is -2.65. The number of aromatic nitrogens is 2. The molecule has 1 aromatic heterocycles. The molecule has 2 heterocycles. The Morgan fingerprint density at radius 3 is 2.45 bits per heavy atom. The number of esters is 1. The van der Waals surface area contributed by atoms with E-state index in [1.54, 1.807) is 26.8 Å². The van der Waals surface area contributed by atoms with Gasteiger partial charge in [0.1, 0.15) is 11.2 Å². The van der Waals surface area contributed by atoms with Crippen molar-refractivity contribution in [3.05, 3.63) is 28.8 Å². The summed E-state index contributed by atoms with van der Waals surface area (Å²) in [6.07, 6.45) is 2.07. The van der Waals surface area contributed by atoms with Gasteiger partial charge in [-0.05, 0) is 109 Å². The maximum atomic E-state index is 13.2. The van der Waals surface area contributed by atoms with Crippen molar-refractivity contribution in [1.82, 2.24) is 10.2 Å². The van der Waals surface area contributed by atoms with E-state index in [-0.39, 0.29) is 22.3 Å². The zero-order valence-electron chi connectivity index (χ0n) is 27.4. The van der Waals surface area contributed by atoms with Crippen molar-refractivity contribution >= 4 is 53.1 Å². The molecule has 1 saturated heterocycles. The van der Waals surface area contributed by atoms with Crippen LogP contribution in [-0.2, 0) is 25.2 Å². The fraction of sp³-hybridized carbons (Fsp3) is 0.677. The highest BCUT2D eigenvalue weighted by Gasteiger charge is 2.68. The smallest absolute Gasteiger partial charge is 0.456 e. The minimum absolute atomic E-state index is 0.0102. The first-order valence-corrected chi connectivity index (χ1v) is 16.9. The van der Waals surface area contributed by atoms with Gasteiger partial charge in [0.05, 0.1) is 22.4 Å². The first kappa shape index (κ1) is 33.0. The average Bonchev–Trinajstić information content (AvgIpc) is 3.45. The SMILES string of the molecule is Cc1c(C[C@H](Sc2nnc(NC(=O)OC(C)(C)C)s2)B2OC3CC4CC(C4(C)C)[C@]3(C)O2)ccc(N)c1C(=O)OC(C)(C)C. The summed E-state index contributed by atoms with van der Waals surface area (Å²) >= 11 is 2.76. The Hall–Kier alpha value is -2.35. The summed E-state index contributed by atoms with van der Waals surface area (Å²) in [6.45, 7) is 19.7. The molecule has 3 saturated carbocycles. The highest BCUT2D eigenvalue weighted by atomic mass is 32.2. The van der Waals surface area contributed by atoms with Gasteiger partial charge in [-0.2, -0.15) is 0 Å². The van der Waals surface area contributed by atoms with Gasteiger partial charge in [0.25, 0.3) is 0 Å². The first-order chi connectivity index (χ1) is 20.3. The second kappa shape index (κ2) is 11.5. The van der Waals surface area contributed by atoms with Gasteiger partial charge in [-0.1, -0.05) is 43.0 Å². The van der Waals surface area contributed by atoms with Crippen LogP contribution >= 0.6 is 23.1 Å². The number of nitrogens with zero attached hydrogens (tertiary/aromatic N) is 2. The predicted molar refractivity (Wildman–Crippen MR) is 174 cm³/mol. The van der Waals surface area contributed by atoms with Crippen molar-refractivity contribution < 1.29 is 28.4 Å². The highest BCUT2D eigenvalue weighted by Crippen LogP contribution is 2.66. The number of nitrogens with two attached hydrogens (primary N) is 1. The number of rotatable bonds is 7. The lowest BCUT2D eigenvalue weighted by atomic mass is 9.43. The number of thioether (sulfide) groups is 1. The summed E-state index contributed by atoms with van der Waals surface area (Å²) in [5.74, 6) is 0.589. The topological polar surface area (TPSA) is 135 Å². The van der Waals surface area contributed by atoms with Crippen LogP contribution in [0, 0.1) is 24.2 Å². The van der Waals surface area contributed by atoms with E-state index in [4.69, 9.17) is 24.5 Å². The summed E-state index contributed by atoms with van der Waals surface area (Å²) in [5, 5.41) is 11.3. The predicted octanol–water partition coefficient (Wildman–Crippen LogP) is 6.70. The number of hydrogen-bond acceptors (Lipinski definition) is 11. The summed E-state index contributed by atoms with van der Waals surface area (Å²) in [4.78, 5) is 25.5. The number of carbonyl (C=O) groups is 2. The molecule has 0 spiro atoms. The Labute approximate surface area is 269 Å². The van der Waals surface area contributed by atoms with Gasteiger partial charge in [-0.15, -0.1) is 10.2 Å². The van der Waals surface area contributed by atoms with Crippen molar-refractivity contribution in [3.63, 3.8) is 0 Å². The maximum absolute atomic E-state index is 13.2. The van der Waals surface area contributed by atoms with Crippen LogP contribution in [0.3, 0.4) is 0 Å². The molecule has 2 bridgehead atoms. The molecule has 0 radical (unpaired) electrons. The third-order valence-electron chi connectivity index (χ3n) is 9.17. The van der Waals surface area contributed by atoms with Crippen molar-refractivity contribution in [3.8, 4) is 0 Å². The van der Waals surface area contributed by atoms with E-state index in [0.29, 0.717) is 39.0 Å². The maximum Gasteiger partial charge on any atom is 0.472 e. The van der Waals surface area contributed by atoms with Crippen molar-refractivity contribution in [1.29, 1.82) is 0 Å². The van der Waals surface area contributed by atoms with Gasteiger partial charge in [0.2, 0.25) is 5.13 Å². The molecular formula is C31H45BN4O6S2. The van der Waals surface area contributed by atoms with E-state index in [9.17, 15) is 9.59 Å². The Kier molecular flexibility index (Phi) is 8.61. The van der Waals surface area contributed by atoms with Crippen LogP contribution in [0.4, 0.5) is 15.6 Å². The van der Waals surface area contributed by atoms with E-state index >= 15 is 0 Å². The summed E-state index contributed by atoms with van der Waals surface area (Å²) in [7, 11) is -0.516. The zero-order valence-corrected chi connectivity index (χ0v) is 29.0. The Morgan fingerprint density at radius 1 is 1.14 bits per heavy atom. The fourth-order valence-corrected chi connectivity index (χ4v) is 9.00. The van der Waals surface area contributed by atoms with E-state index < -0.39 is 30.4 Å². The van der Waals surface area contributed by atoms with Gasteiger partial charge >= 0.3 is 19.2 Å². The van der Waals surface area contributed by atoms with Gasteiger partial charge < -0.3 is 24.5 Å². The van der Waals surface area contributed by atoms with Crippen LogP contribution in [0.1, 0.15) is 96.6 Å². The van der Waals surface area contributed by atoms with E-state index in [0.717, 1.165) is 24.0 Å². The normalized spacial score (nSPS) is 26.4. The number of carbonyl (C=O) groups excluding carboxylic acids is 2. The zero-order chi connectivity index (χ0) is 32.4. The number of nitrogen functional groups attached to an aromatic ring is 1. The van der Waals surface area contributed by atoms with Crippen LogP contribution in [-0.4, -0.2) is 57.4 Å². The summed E-state index contributed by atoms with van der Waals surface area (Å²) in [5.41, 5.74) is 7.28. The molecule has 6 rings (SSSR count). The summed E-state index contributed by atoms with van der Waals surface area (Å²) < 4.78 is 25.3. The Balaban J connectivity index is 1.42. The number of anilines is 2. The number of hydrogen-bond donors (Lipinski definition) is 2. The number of ether oxygens (including phenoxy) is 2. The largest absolute Gasteiger partial charge is 0.472 e. The van der Waals surface area contributed by atoms with Crippen molar-refractivity contribution in [2.45, 2.75) is 121 Å². The molecule has 3 N–H and O–H groups in total. The number of nitrogens with one attached hydrogen (secondary N) is 1. The second-order valence-electron chi connectivity index (χ2n) is 15.0. The van der Waals surface area contributed by atoms with E-state index in [2.05, 4.69) is 36.3 Å². The molecule has 4 fully saturated rings. The van der Waals surface area contributed by atoms with Crippen LogP contribution in [0.2, 0.25) is 0 Å². The van der Waals surface area contributed by atoms with E-state index in [1.165, 1.54) is 23.1 Å². The van der Waals surface area contributed by atoms with Gasteiger partial charge in [0.15, 0.2) is 4.34 Å². The van der Waals surface area contributed by atoms with Crippen LogP contribution in [0.5, 0.6) is 0 Å². The van der Waals surface area contributed by atoms with Crippen LogP contribution in [0.15, 0.2) is 16.5 Å². The van der Waals surface area contributed by atoms with Gasteiger partial charge in [0, 0.05) is 5.69 Å². The summed E-state index contributed by atoms with van der Waals surface area (Å²) in [6, 6.07) is 3.71. The molecule has 10 nitrogen and oxygen atoms in total. The third kappa shape index (κ3) is 6.61. The minimum Gasteiger partial charge on any atom is -0.456 e. The first-order valence-electron chi connectivity index (χ1n) is 15.2. The van der Waals surface area contributed by atoms with E-state index in [1.807, 2.05) is 33.8 Å². The molecule has 1 amide bonds. The lowest BCUT2D eigenvalue weighted by Gasteiger charge is -2.64. The van der Waals surface area contributed by atoms with Crippen LogP contribution in [0.25, 0.3) is 0 Å². The monoisotopic (exact) mass is 644 g/mol. The highest BCUT2D eigenvalue weighted by molar-refractivity contribution is 8.02. The number of amides is 1. The molecule has 3 unspecified atom stereocenters. The standard InChI is InChI=1S/C31H45BN4O6S2/c1-16-17(11-12-19(33)23(16)24(37)39-28(2,3)4)13-22(43-27-36-35-25(44-27)34-26(38)40-29(5,6)7)32-41-21-15-18-14-20(30(18,8)9)31(21,10)42-32/h11-12,18,20-22H,13-15,33H2,1-10H3,(H,34,35,38)/t18?,20?,21?,22-,31-/m0/s1. The molecule has 44 heavy (non-hydrogen) atoms. The molecule has 1 aliphatic heterocycles. The lowest BCUT2D eigenvalue weighted by molar-refractivity contribution is -0.199. The molecule has 3 aliphatic carbocycles. The van der Waals surface area contributed by atoms with Crippen LogP contribution < -0.4 is 11.1 Å². The molecule has 4 aliphatic rings. The van der Waals surface area contributed by atoms with Gasteiger partial charge in [-0.25, -0.2) is 9.59 Å². The second-order valence-corrected chi connectivity index (χ2v) is 17.5. The Morgan fingerprint density at radius 2 is 1.82 bits per heavy atom. The number of benzene rings is 1. The molecule has 240 valence electrons. The molecule has 2 aromatic rings. The molecular weight excluding hydrogens is 599 g/mol. The molecule has 5 atom stereocenters. The third-order valence-corrected chi connectivity index (χ3v) is 11.3. The van der Waals surface area contributed by atoms with Gasteiger partial charge in [-0.3, -0.25) is 5.32 Å². The minimum atomic E-state index is -0.654.